The Morgan fingerprint density at radius 3 is 2.90 bits per heavy atom. The minimum absolute atomic E-state index is 0.420. The molecule has 112 valence electrons. The molecule has 1 aromatic carbocycles. The third kappa shape index (κ3) is 3.99. The molecule has 0 aromatic heterocycles. The smallest absolute Gasteiger partial charge is 0.0408 e. The van der Waals surface area contributed by atoms with Gasteiger partial charge in [0.05, 0.1) is 0 Å². The van der Waals surface area contributed by atoms with Crippen molar-refractivity contribution in [1.29, 1.82) is 0 Å². The van der Waals surface area contributed by atoms with Gasteiger partial charge < -0.3 is 5.32 Å². The first kappa shape index (κ1) is 15.9. The molecule has 1 aliphatic heterocycles. The number of piperidine rings is 1. The van der Waals surface area contributed by atoms with Gasteiger partial charge in [0.15, 0.2) is 0 Å². The van der Waals surface area contributed by atoms with Crippen molar-refractivity contribution in [2.24, 2.45) is 5.41 Å². The molecule has 0 saturated carbocycles. The fourth-order valence-corrected chi connectivity index (χ4v) is 3.74. The summed E-state index contributed by atoms with van der Waals surface area (Å²) in [4.78, 5) is 0. The Bertz CT molecular complexity index is 418. The van der Waals surface area contributed by atoms with Crippen molar-refractivity contribution in [3.8, 4) is 0 Å². The van der Waals surface area contributed by atoms with Crippen molar-refractivity contribution in [3.63, 3.8) is 0 Å². The van der Waals surface area contributed by atoms with Crippen molar-refractivity contribution >= 4 is 11.6 Å². The maximum atomic E-state index is 6.18. The van der Waals surface area contributed by atoms with Crippen molar-refractivity contribution in [2.45, 2.75) is 58.3 Å². The maximum Gasteiger partial charge on any atom is 0.0408 e. The number of rotatable bonds is 6. The zero-order valence-electron chi connectivity index (χ0n) is 12.9. The number of hydrogen-bond donors (Lipinski definition) is 1. The fraction of sp³-hybridized carbons (Fsp3) is 0.667. The van der Waals surface area contributed by atoms with Crippen LogP contribution in [0.2, 0.25) is 5.02 Å². The van der Waals surface area contributed by atoms with Gasteiger partial charge in [-0.1, -0.05) is 63.3 Å². The fourth-order valence-electron chi connectivity index (χ4n) is 3.54. The number of unbranched alkanes of at least 4 members (excludes halogenated alkanes) is 3. The van der Waals surface area contributed by atoms with Gasteiger partial charge in [-0.05, 0) is 42.5 Å². The molecule has 0 aliphatic carbocycles. The van der Waals surface area contributed by atoms with E-state index in [9.17, 15) is 0 Å². The summed E-state index contributed by atoms with van der Waals surface area (Å²) < 4.78 is 0. The van der Waals surface area contributed by atoms with Crippen molar-refractivity contribution in [2.75, 3.05) is 13.1 Å². The monoisotopic (exact) mass is 293 g/mol. The number of hydrogen-bond acceptors (Lipinski definition) is 1. The lowest BCUT2D eigenvalue weighted by atomic mass is 9.66. The van der Waals surface area contributed by atoms with Crippen LogP contribution in [0.5, 0.6) is 0 Å². The Morgan fingerprint density at radius 1 is 1.30 bits per heavy atom. The molecule has 2 rings (SSSR count). The molecule has 1 heterocycles. The summed E-state index contributed by atoms with van der Waals surface area (Å²) in [6.07, 6.45) is 8.04. The van der Waals surface area contributed by atoms with Crippen LogP contribution in [0.1, 0.15) is 63.9 Å². The first-order chi connectivity index (χ1) is 9.65. The third-order valence-electron chi connectivity index (χ3n) is 4.92. The first-order valence-electron chi connectivity index (χ1n) is 8.12. The second-order valence-corrected chi connectivity index (χ2v) is 6.96. The highest BCUT2D eigenvalue weighted by Crippen LogP contribution is 2.44. The molecule has 0 bridgehead atoms. The van der Waals surface area contributed by atoms with Gasteiger partial charge in [0.1, 0.15) is 0 Å². The van der Waals surface area contributed by atoms with Crippen LogP contribution in [-0.2, 0) is 0 Å². The van der Waals surface area contributed by atoms with Crippen LogP contribution in [0, 0.1) is 5.41 Å². The molecule has 1 fully saturated rings. The lowest BCUT2D eigenvalue weighted by molar-refractivity contribution is 0.167. The maximum absolute atomic E-state index is 6.18. The average Bonchev–Trinajstić information content (AvgIpc) is 2.44. The molecule has 1 N–H and O–H groups in total. The summed E-state index contributed by atoms with van der Waals surface area (Å²) in [5.74, 6) is 0.594. The number of nitrogens with one attached hydrogen (secondary N) is 1. The summed E-state index contributed by atoms with van der Waals surface area (Å²) in [5, 5.41) is 4.43. The van der Waals surface area contributed by atoms with Gasteiger partial charge in [0, 0.05) is 17.5 Å². The molecule has 0 radical (unpaired) electrons. The molecule has 2 heteroatoms. The van der Waals surface area contributed by atoms with Crippen LogP contribution in [0.25, 0.3) is 0 Å². The number of halogens is 1. The van der Waals surface area contributed by atoms with Gasteiger partial charge in [-0.15, -0.1) is 0 Å². The van der Waals surface area contributed by atoms with Crippen LogP contribution >= 0.6 is 11.6 Å². The number of benzene rings is 1. The Labute approximate surface area is 129 Å². The standard InChI is InChI=1S/C18H28ClN/c1-3-4-5-6-10-18(2)11-12-20-14-17(18)15-8-7-9-16(19)13-15/h7-9,13,17,20H,3-6,10-12,14H2,1-2H3. The zero-order valence-corrected chi connectivity index (χ0v) is 13.7. The van der Waals surface area contributed by atoms with Crippen molar-refractivity contribution in [1.82, 2.24) is 5.32 Å². The highest BCUT2D eigenvalue weighted by molar-refractivity contribution is 6.30. The van der Waals surface area contributed by atoms with Crippen LogP contribution in [0.4, 0.5) is 0 Å². The van der Waals surface area contributed by atoms with E-state index in [1.54, 1.807) is 0 Å². The minimum atomic E-state index is 0.420. The van der Waals surface area contributed by atoms with E-state index in [4.69, 9.17) is 11.6 Å². The quantitative estimate of drug-likeness (QED) is 0.693. The molecule has 2 atom stereocenters. The second-order valence-electron chi connectivity index (χ2n) is 6.53. The molecular weight excluding hydrogens is 266 g/mol. The first-order valence-corrected chi connectivity index (χ1v) is 8.50. The molecule has 0 amide bonds. The normalized spacial score (nSPS) is 26.6. The molecule has 1 aromatic rings. The largest absolute Gasteiger partial charge is 0.316 e. The van der Waals surface area contributed by atoms with Crippen LogP contribution in [0.3, 0.4) is 0 Å². The molecule has 20 heavy (non-hydrogen) atoms. The van der Waals surface area contributed by atoms with Gasteiger partial charge in [-0.25, -0.2) is 0 Å². The van der Waals surface area contributed by atoms with Gasteiger partial charge in [0.25, 0.3) is 0 Å². The summed E-state index contributed by atoms with van der Waals surface area (Å²) >= 11 is 6.18. The van der Waals surface area contributed by atoms with E-state index in [2.05, 4.69) is 37.4 Å². The Morgan fingerprint density at radius 2 is 2.15 bits per heavy atom. The Balaban J connectivity index is 2.07. The summed E-state index contributed by atoms with van der Waals surface area (Å²) in [6, 6.07) is 8.46. The van der Waals surface area contributed by atoms with Gasteiger partial charge in [0.2, 0.25) is 0 Å². The third-order valence-corrected chi connectivity index (χ3v) is 5.15. The van der Waals surface area contributed by atoms with Gasteiger partial charge in [-0.3, -0.25) is 0 Å². The van der Waals surface area contributed by atoms with E-state index in [1.165, 1.54) is 44.1 Å². The van der Waals surface area contributed by atoms with Crippen LogP contribution in [-0.4, -0.2) is 13.1 Å². The van der Waals surface area contributed by atoms with Gasteiger partial charge in [-0.2, -0.15) is 0 Å². The van der Waals surface area contributed by atoms with E-state index >= 15 is 0 Å². The summed E-state index contributed by atoms with van der Waals surface area (Å²) in [7, 11) is 0. The predicted molar refractivity (Wildman–Crippen MR) is 88.5 cm³/mol. The van der Waals surface area contributed by atoms with E-state index < -0.39 is 0 Å². The molecule has 2 unspecified atom stereocenters. The predicted octanol–water partition coefficient (Wildman–Crippen LogP) is 5.39. The second kappa shape index (κ2) is 7.47. The molecule has 1 saturated heterocycles. The van der Waals surface area contributed by atoms with E-state index in [1.807, 2.05) is 6.07 Å². The highest BCUT2D eigenvalue weighted by Gasteiger charge is 2.36. The minimum Gasteiger partial charge on any atom is -0.316 e. The van der Waals surface area contributed by atoms with E-state index in [0.717, 1.165) is 18.1 Å². The SMILES string of the molecule is CCCCCCC1(C)CCNCC1c1cccc(Cl)c1. The molecular formula is C18H28ClN. The molecule has 1 nitrogen and oxygen atoms in total. The molecule has 0 spiro atoms. The van der Waals surface area contributed by atoms with Gasteiger partial charge >= 0.3 is 0 Å². The van der Waals surface area contributed by atoms with Crippen LogP contribution in [0.15, 0.2) is 24.3 Å². The lowest BCUT2D eigenvalue weighted by Gasteiger charge is -2.42. The summed E-state index contributed by atoms with van der Waals surface area (Å²) in [5.41, 5.74) is 1.83. The lowest BCUT2D eigenvalue weighted by Crippen LogP contribution is -2.42. The Hall–Kier alpha value is -0.530. The van der Waals surface area contributed by atoms with Crippen LogP contribution < -0.4 is 5.32 Å². The highest BCUT2D eigenvalue weighted by atomic mass is 35.5. The Kier molecular flexibility index (Phi) is 5.92. The van der Waals surface area contributed by atoms with E-state index in [0.29, 0.717) is 11.3 Å². The topological polar surface area (TPSA) is 12.0 Å². The van der Waals surface area contributed by atoms with Crippen molar-refractivity contribution < 1.29 is 0 Å². The molecule has 1 aliphatic rings. The summed E-state index contributed by atoms with van der Waals surface area (Å²) in [6.45, 7) is 7.00. The van der Waals surface area contributed by atoms with E-state index in [-0.39, 0.29) is 0 Å². The van der Waals surface area contributed by atoms with Crippen molar-refractivity contribution in [3.05, 3.63) is 34.9 Å². The average molecular weight is 294 g/mol. The zero-order chi connectivity index (χ0) is 14.4.